The maximum Gasteiger partial charge on any atom is 0.0436 e. The Morgan fingerprint density at radius 2 is 2.00 bits per heavy atom. The average molecular weight is 299 g/mol. The Bertz CT molecular complexity index is 670. The summed E-state index contributed by atoms with van der Waals surface area (Å²) in [7, 11) is 2.18. The highest BCUT2D eigenvalue weighted by Gasteiger charge is 2.50. The molecule has 2 aromatic carbocycles. The third-order valence-electron chi connectivity index (χ3n) is 5.03. The number of nitrogens with one attached hydrogen (secondary N) is 1. The molecule has 2 heterocycles. The summed E-state index contributed by atoms with van der Waals surface area (Å²) >= 11 is 6.29. The number of benzene rings is 2. The van der Waals surface area contributed by atoms with Crippen LogP contribution in [0.5, 0.6) is 0 Å². The molecule has 1 N–H and O–H groups in total. The van der Waals surface area contributed by atoms with Crippen molar-refractivity contribution in [2.75, 3.05) is 25.0 Å². The summed E-state index contributed by atoms with van der Waals surface area (Å²) in [6.45, 7) is 2.11. The topological polar surface area (TPSA) is 15.3 Å². The standard InChI is InChI=1S/C18H19ClN2/c1-21-12-18(15-11-14(19)7-8-16(15)21)9-10-20-17(18)13-5-3-2-4-6-13/h2-8,11,17,20H,9-10,12H2,1H3/t17-,18+/m0/s1. The lowest BCUT2D eigenvalue weighted by Crippen LogP contribution is -2.37. The van der Waals surface area contributed by atoms with Crippen LogP contribution in [0.25, 0.3) is 0 Å². The highest BCUT2D eigenvalue weighted by molar-refractivity contribution is 6.30. The van der Waals surface area contributed by atoms with Crippen molar-refractivity contribution in [2.24, 2.45) is 0 Å². The Balaban J connectivity index is 1.86. The van der Waals surface area contributed by atoms with Crippen LogP contribution in [0.1, 0.15) is 23.6 Å². The van der Waals surface area contributed by atoms with Crippen LogP contribution in [0.4, 0.5) is 5.69 Å². The number of rotatable bonds is 1. The number of nitrogens with zero attached hydrogens (tertiary/aromatic N) is 1. The fraction of sp³-hybridized carbons (Fsp3) is 0.333. The molecule has 21 heavy (non-hydrogen) atoms. The van der Waals surface area contributed by atoms with E-state index in [0.29, 0.717) is 6.04 Å². The van der Waals surface area contributed by atoms with Crippen molar-refractivity contribution < 1.29 is 0 Å². The van der Waals surface area contributed by atoms with Crippen molar-refractivity contribution in [2.45, 2.75) is 17.9 Å². The predicted molar refractivity (Wildman–Crippen MR) is 88.2 cm³/mol. The first-order valence-corrected chi connectivity index (χ1v) is 7.88. The lowest BCUT2D eigenvalue weighted by Gasteiger charge is -2.32. The van der Waals surface area contributed by atoms with Gasteiger partial charge in [-0.2, -0.15) is 0 Å². The van der Waals surface area contributed by atoms with Crippen molar-refractivity contribution in [1.29, 1.82) is 0 Å². The molecule has 108 valence electrons. The SMILES string of the molecule is CN1C[C@]2(CCN[C@H]2c2ccccc2)c2cc(Cl)ccc21. The Labute approximate surface area is 130 Å². The molecule has 0 amide bonds. The number of hydrogen-bond donors (Lipinski definition) is 1. The van der Waals surface area contributed by atoms with E-state index < -0.39 is 0 Å². The molecule has 0 bridgehead atoms. The summed E-state index contributed by atoms with van der Waals surface area (Å²) in [5.41, 5.74) is 4.23. The third-order valence-corrected chi connectivity index (χ3v) is 5.27. The van der Waals surface area contributed by atoms with E-state index in [0.717, 1.165) is 24.5 Å². The first-order chi connectivity index (χ1) is 10.2. The quantitative estimate of drug-likeness (QED) is 0.862. The van der Waals surface area contributed by atoms with Gasteiger partial charge in [0, 0.05) is 35.8 Å². The van der Waals surface area contributed by atoms with Crippen LogP contribution in [0.3, 0.4) is 0 Å². The molecular weight excluding hydrogens is 280 g/mol. The maximum absolute atomic E-state index is 6.29. The Kier molecular flexibility index (Phi) is 2.98. The maximum atomic E-state index is 6.29. The van der Waals surface area contributed by atoms with Crippen LogP contribution in [-0.4, -0.2) is 20.1 Å². The van der Waals surface area contributed by atoms with Gasteiger partial charge in [0.1, 0.15) is 0 Å². The van der Waals surface area contributed by atoms with Gasteiger partial charge < -0.3 is 10.2 Å². The molecule has 0 aliphatic carbocycles. The molecule has 0 unspecified atom stereocenters. The Morgan fingerprint density at radius 3 is 2.81 bits per heavy atom. The molecule has 1 spiro atoms. The summed E-state index contributed by atoms with van der Waals surface area (Å²) in [6.07, 6.45) is 1.16. The van der Waals surface area contributed by atoms with Gasteiger partial charge in [0.15, 0.2) is 0 Å². The summed E-state index contributed by atoms with van der Waals surface area (Å²) in [4.78, 5) is 2.37. The number of anilines is 1. The van der Waals surface area contributed by atoms with Crippen LogP contribution >= 0.6 is 11.6 Å². The zero-order valence-corrected chi connectivity index (χ0v) is 12.9. The molecule has 2 aliphatic rings. The highest BCUT2D eigenvalue weighted by Crippen LogP contribution is 2.52. The highest BCUT2D eigenvalue weighted by atomic mass is 35.5. The second-order valence-electron chi connectivity index (χ2n) is 6.22. The second-order valence-corrected chi connectivity index (χ2v) is 6.66. The first kappa shape index (κ1) is 13.2. The van der Waals surface area contributed by atoms with Gasteiger partial charge in [-0.25, -0.2) is 0 Å². The number of hydrogen-bond acceptors (Lipinski definition) is 2. The molecule has 0 radical (unpaired) electrons. The minimum Gasteiger partial charge on any atom is -0.373 e. The van der Waals surface area contributed by atoms with E-state index in [-0.39, 0.29) is 5.41 Å². The Hall–Kier alpha value is -1.51. The molecule has 2 aromatic rings. The van der Waals surface area contributed by atoms with Crippen molar-refractivity contribution in [1.82, 2.24) is 5.32 Å². The molecular formula is C18H19ClN2. The fourth-order valence-corrected chi connectivity index (χ4v) is 4.33. The van der Waals surface area contributed by atoms with E-state index in [1.54, 1.807) is 0 Å². The summed E-state index contributed by atoms with van der Waals surface area (Å²) in [6, 6.07) is 17.5. The van der Waals surface area contributed by atoms with E-state index in [1.807, 2.05) is 6.07 Å². The average Bonchev–Trinajstić information content (AvgIpc) is 3.03. The normalized spacial score (nSPS) is 27.3. The monoisotopic (exact) mass is 298 g/mol. The van der Waals surface area contributed by atoms with E-state index in [4.69, 9.17) is 11.6 Å². The summed E-state index contributed by atoms with van der Waals surface area (Å²) in [5, 5.41) is 4.55. The number of likely N-dealkylation sites (N-methyl/N-ethyl adjacent to an activating group) is 1. The van der Waals surface area contributed by atoms with Crippen LogP contribution in [0.15, 0.2) is 48.5 Å². The van der Waals surface area contributed by atoms with Gasteiger partial charge in [-0.05, 0) is 42.3 Å². The van der Waals surface area contributed by atoms with E-state index in [2.05, 4.69) is 59.7 Å². The van der Waals surface area contributed by atoms with Crippen LogP contribution in [0, 0.1) is 0 Å². The molecule has 1 fully saturated rings. The number of halogens is 1. The minimum atomic E-state index is 0.135. The summed E-state index contributed by atoms with van der Waals surface area (Å²) < 4.78 is 0. The number of fused-ring (bicyclic) bond motifs is 2. The molecule has 4 rings (SSSR count). The molecule has 0 aromatic heterocycles. The van der Waals surface area contributed by atoms with Crippen molar-refractivity contribution in [3.05, 3.63) is 64.7 Å². The van der Waals surface area contributed by atoms with Gasteiger partial charge >= 0.3 is 0 Å². The molecule has 2 atom stereocenters. The molecule has 0 saturated carbocycles. The van der Waals surface area contributed by atoms with Crippen molar-refractivity contribution in [3.63, 3.8) is 0 Å². The second kappa shape index (κ2) is 4.75. The van der Waals surface area contributed by atoms with Crippen molar-refractivity contribution in [3.8, 4) is 0 Å². The molecule has 2 nitrogen and oxygen atoms in total. The predicted octanol–water partition coefficient (Wildman–Crippen LogP) is 3.76. The van der Waals surface area contributed by atoms with Gasteiger partial charge in [0.25, 0.3) is 0 Å². The van der Waals surface area contributed by atoms with Gasteiger partial charge in [-0.1, -0.05) is 41.9 Å². The Morgan fingerprint density at radius 1 is 1.19 bits per heavy atom. The van der Waals surface area contributed by atoms with E-state index >= 15 is 0 Å². The van der Waals surface area contributed by atoms with Crippen LogP contribution in [-0.2, 0) is 5.41 Å². The van der Waals surface area contributed by atoms with Gasteiger partial charge in [-0.15, -0.1) is 0 Å². The van der Waals surface area contributed by atoms with Gasteiger partial charge in [0.05, 0.1) is 0 Å². The van der Waals surface area contributed by atoms with Crippen LogP contribution in [0.2, 0.25) is 5.02 Å². The molecule has 1 saturated heterocycles. The lowest BCUT2D eigenvalue weighted by atomic mass is 9.73. The van der Waals surface area contributed by atoms with Crippen LogP contribution < -0.4 is 10.2 Å². The minimum absolute atomic E-state index is 0.135. The smallest absolute Gasteiger partial charge is 0.0436 e. The molecule has 2 aliphatic heterocycles. The fourth-order valence-electron chi connectivity index (χ4n) is 4.16. The lowest BCUT2D eigenvalue weighted by molar-refractivity contribution is 0.402. The zero-order valence-electron chi connectivity index (χ0n) is 12.1. The summed E-state index contributed by atoms with van der Waals surface area (Å²) in [5.74, 6) is 0. The van der Waals surface area contributed by atoms with Crippen molar-refractivity contribution >= 4 is 17.3 Å². The van der Waals surface area contributed by atoms with E-state index in [9.17, 15) is 0 Å². The molecule has 3 heteroatoms. The van der Waals surface area contributed by atoms with Gasteiger partial charge in [-0.3, -0.25) is 0 Å². The zero-order chi connectivity index (χ0) is 14.4. The third kappa shape index (κ3) is 1.90. The largest absolute Gasteiger partial charge is 0.373 e. The first-order valence-electron chi connectivity index (χ1n) is 7.50. The van der Waals surface area contributed by atoms with Gasteiger partial charge in [0.2, 0.25) is 0 Å². The van der Waals surface area contributed by atoms with E-state index in [1.165, 1.54) is 16.8 Å².